The second-order valence-corrected chi connectivity index (χ2v) is 4.20. The van der Waals surface area contributed by atoms with Crippen molar-refractivity contribution in [1.29, 1.82) is 0 Å². The van der Waals surface area contributed by atoms with Gasteiger partial charge in [0.15, 0.2) is 0 Å². The largest absolute Gasteiger partial charge is 0.480 e. The molecule has 2 N–H and O–H groups in total. The van der Waals surface area contributed by atoms with Crippen LogP contribution in [0.5, 0.6) is 0 Å². The summed E-state index contributed by atoms with van der Waals surface area (Å²) < 4.78 is 13.4. The summed E-state index contributed by atoms with van der Waals surface area (Å²) in [4.78, 5) is 10.7. The second-order valence-electron chi connectivity index (χ2n) is 4.20. The van der Waals surface area contributed by atoms with Gasteiger partial charge in [0.05, 0.1) is 0 Å². The molecule has 1 aromatic rings. The SMILES string of the molecule is O=C(O)[C@@H]1CC(Cc2ccccc2F)CN1. The van der Waals surface area contributed by atoms with Gasteiger partial charge in [-0.3, -0.25) is 4.79 Å². The van der Waals surface area contributed by atoms with Crippen molar-refractivity contribution in [2.45, 2.75) is 18.9 Å². The van der Waals surface area contributed by atoms with Crippen LogP contribution in [-0.4, -0.2) is 23.7 Å². The van der Waals surface area contributed by atoms with Crippen molar-refractivity contribution in [3.63, 3.8) is 0 Å². The predicted molar refractivity (Wildman–Crippen MR) is 57.6 cm³/mol. The van der Waals surface area contributed by atoms with Crippen molar-refractivity contribution in [3.05, 3.63) is 35.6 Å². The lowest BCUT2D eigenvalue weighted by molar-refractivity contribution is -0.139. The zero-order valence-electron chi connectivity index (χ0n) is 8.82. The minimum absolute atomic E-state index is 0.206. The molecule has 1 unspecified atom stereocenters. The van der Waals surface area contributed by atoms with E-state index >= 15 is 0 Å². The summed E-state index contributed by atoms with van der Waals surface area (Å²) in [6.45, 7) is 0.644. The van der Waals surface area contributed by atoms with Gasteiger partial charge in [-0.1, -0.05) is 18.2 Å². The molecule has 1 saturated heterocycles. The van der Waals surface area contributed by atoms with E-state index in [0.717, 1.165) is 0 Å². The maximum Gasteiger partial charge on any atom is 0.320 e. The standard InChI is InChI=1S/C12H14FNO2/c13-10-4-2-1-3-9(10)5-8-6-11(12(15)16)14-7-8/h1-4,8,11,14H,5-7H2,(H,15,16)/t8?,11-/m0/s1. The third-order valence-electron chi connectivity index (χ3n) is 2.99. The number of hydrogen-bond donors (Lipinski definition) is 2. The van der Waals surface area contributed by atoms with Crippen LogP contribution in [0.3, 0.4) is 0 Å². The van der Waals surface area contributed by atoms with E-state index < -0.39 is 12.0 Å². The average molecular weight is 223 g/mol. The van der Waals surface area contributed by atoms with Crippen LogP contribution >= 0.6 is 0 Å². The molecule has 0 spiro atoms. The van der Waals surface area contributed by atoms with E-state index in [1.165, 1.54) is 6.07 Å². The zero-order chi connectivity index (χ0) is 11.5. The van der Waals surface area contributed by atoms with Crippen LogP contribution in [0.1, 0.15) is 12.0 Å². The fraction of sp³-hybridized carbons (Fsp3) is 0.417. The van der Waals surface area contributed by atoms with Gasteiger partial charge in [-0.15, -0.1) is 0 Å². The van der Waals surface area contributed by atoms with Crippen LogP contribution in [0, 0.1) is 11.7 Å². The summed E-state index contributed by atoms with van der Waals surface area (Å²) in [6, 6.07) is 6.17. The zero-order valence-corrected chi connectivity index (χ0v) is 8.82. The molecule has 1 aliphatic rings. The van der Waals surface area contributed by atoms with Crippen molar-refractivity contribution in [2.75, 3.05) is 6.54 Å². The number of rotatable bonds is 3. The third kappa shape index (κ3) is 2.39. The van der Waals surface area contributed by atoms with E-state index in [4.69, 9.17) is 5.11 Å². The molecule has 0 bridgehead atoms. The predicted octanol–water partition coefficient (Wildman–Crippen LogP) is 1.43. The molecule has 2 rings (SSSR count). The summed E-state index contributed by atoms with van der Waals surface area (Å²) >= 11 is 0. The molecule has 4 heteroatoms. The summed E-state index contributed by atoms with van der Waals surface area (Å²) in [5, 5.41) is 11.7. The summed E-state index contributed by atoms with van der Waals surface area (Å²) in [6.07, 6.45) is 1.17. The molecule has 1 fully saturated rings. The van der Waals surface area contributed by atoms with Crippen LogP contribution in [0.25, 0.3) is 0 Å². The minimum Gasteiger partial charge on any atom is -0.480 e. The molecule has 16 heavy (non-hydrogen) atoms. The van der Waals surface area contributed by atoms with Gasteiger partial charge < -0.3 is 10.4 Å². The number of nitrogens with one attached hydrogen (secondary N) is 1. The highest BCUT2D eigenvalue weighted by Gasteiger charge is 2.29. The first-order valence-corrected chi connectivity index (χ1v) is 5.36. The highest BCUT2D eigenvalue weighted by Crippen LogP contribution is 2.20. The maximum absolute atomic E-state index is 13.4. The van der Waals surface area contributed by atoms with Crippen molar-refractivity contribution in [1.82, 2.24) is 5.32 Å². The molecule has 0 saturated carbocycles. The van der Waals surface area contributed by atoms with Crippen LogP contribution in [0.2, 0.25) is 0 Å². The van der Waals surface area contributed by atoms with Gasteiger partial charge in [0.2, 0.25) is 0 Å². The van der Waals surface area contributed by atoms with Crippen molar-refractivity contribution in [2.24, 2.45) is 5.92 Å². The maximum atomic E-state index is 13.4. The molecule has 3 nitrogen and oxygen atoms in total. The lowest BCUT2D eigenvalue weighted by atomic mass is 9.96. The average Bonchev–Trinajstić information content (AvgIpc) is 2.70. The molecule has 86 valence electrons. The van der Waals surface area contributed by atoms with Gasteiger partial charge in [0, 0.05) is 0 Å². The molecule has 1 heterocycles. The number of aliphatic carboxylic acids is 1. The Morgan fingerprint density at radius 1 is 1.50 bits per heavy atom. The van der Waals surface area contributed by atoms with Gasteiger partial charge in [0.25, 0.3) is 0 Å². The monoisotopic (exact) mass is 223 g/mol. The Kier molecular flexibility index (Phi) is 3.19. The Bertz CT molecular complexity index is 394. The number of carbonyl (C=O) groups is 1. The lowest BCUT2D eigenvalue weighted by Crippen LogP contribution is -2.29. The van der Waals surface area contributed by atoms with Gasteiger partial charge in [0.1, 0.15) is 11.9 Å². The summed E-state index contributed by atoms with van der Waals surface area (Å²) in [5.74, 6) is -0.824. The fourth-order valence-electron chi connectivity index (χ4n) is 2.13. The summed E-state index contributed by atoms with van der Waals surface area (Å²) in [7, 11) is 0. The van der Waals surface area contributed by atoms with Gasteiger partial charge in [-0.2, -0.15) is 0 Å². The Balaban J connectivity index is 1.97. The van der Waals surface area contributed by atoms with E-state index in [2.05, 4.69) is 5.32 Å². The van der Waals surface area contributed by atoms with Gasteiger partial charge in [-0.05, 0) is 36.9 Å². The quantitative estimate of drug-likeness (QED) is 0.815. The van der Waals surface area contributed by atoms with Crippen LogP contribution < -0.4 is 5.32 Å². The molecule has 0 amide bonds. The highest BCUT2D eigenvalue weighted by atomic mass is 19.1. The van der Waals surface area contributed by atoms with Gasteiger partial charge >= 0.3 is 5.97 Å². The Labute approximate surface area is 93.3 Å². The second kappa shape index (κ2) is 4.61. The molecular weight excluding hydrogens is 209 g/mol. The van der Waals surface area contributed by atoms with Crippen LogP contribution in [0.15, 0.2) is 24.3 Å². The first-order chi connectivity index (χ1) is 7.66. The fourth-order valence-corrected chi connectivity index (χ4v) is 2.13. The Hall–Kier alpha value is -1.42. The first-order valence-electron chi connectivity index (χ1n) is 5.36. The Morgan fingerprint density at radius 3 is 2.88 bits per heavy atom. The van der Waals surface area contributed by atoms with E-state index in [1.807, 2.05) is 0 Å². The van der Waals surface area contributed by atoms with E-state index in [9.17, 15) is 9.18 Å². The van der Waals surface area contributed by atoms with E-state index in [1.54, 1.807) is 18.2 Å². The van der Waals surface area contributed by atoms with Crippen molar-refractivity contribution in [3.8, 4) is 0 Å². The molecule has 1 aliphatic heterocycles. The number of carboxylic acids is 1. The van der Waals surface area contributed by atoms with E-state index in [-0.39, 0.29) is 11.7 Å². The smallest absolute Gasteiger partial charge is 0.320 e. The van der Waals surface area contributed by atoms with Gasteiger partial charge in [-0.25, -0.2) is 4.39 Å². The third-order valence-corrected chi connectivity index (χ3v) is 2.99. The van der Waals surface area contributed by atoms with Crippen molar-refractivity contribution >= 4 is 5.97 Å². The summed E-state index contributed by atoms with van der Waals surface area (Å²) in [5.41, 5.74) is 0.667. The van der Waals surface area contributed by atoms with E-state index in [0.29, 0.717) is 24.9 Å². The number of hydrogen-bond acceptors (Lipinski definition) is 2. The van der Waals surface area contributed by atoms with Crippen LogP contribution in [0.4, 0.5) is 4.39 Å². The molecule has 0 radical (unpaired) electrons. The minimum atomic E-state index is -0.823. The molecule has 2 atom stereocenters. The normalized spacial score (nSPS) is 24.6. The molecule has 0 aliphatic carbocycles. The Morgan fingerprint density at radius 2 is 2.25 bits per heavy atom. The molecular formula is C12H14FNO2. The molecule has 0 aromatic heterocycles. The topological polar surface area (TPSA) is 49.3 Å². The number of benzene rings is 1. The number of halogens is 1. The highest BCUT2D eigenvalue weighted by molar-refractivity contribution is 5.73. The van der Waals surface area contributed by atoms with Crippen molar-refractivity contribution < 1.29 is 14.3 Å². The lowest BCUT2D eigenvalue weighted by Gasteiger charge is -2.08. The van der Waals surface area contributed by atoms with Crippen LogP contribution in [-0.2, 0) is 11.2 Å². The first kappa shape index (κ1) is 11.1. The molecule has 1 aromatic carbocycles. The number of carboxylic acid groups (broad SMARTS) is 1.